The third-order valence-electron chi connectivity index (χ3n) is 4.40. The second-order valence-electron chi connectivity index (χ2n) is 6.44. The molecule has 0 fully saturated rings. The summed E-state index contributed by atoms with van der Waals surface area (Å²) in [6, 6.07) is 3.04. The van der Waals surface area contributed by atoms with Crippen LogP contribution in [0.3, 0.4) is 0 Å². The number of aryl methyl sites for hydroxylation is 1. The molecule has 0 saturated heterocycles. The molecule has 1 aromatic carbocycles. The van der Waals surface area contributed by atoms with Gasteiger partial charge in [-0.15, -0.1) is 0 Å². The van der Waals surface area contributed by atoms with Crippen molar-refractivity contribution in [1.29, 1.82) is 0 Å². The van der Waals surface area contributed by atoms with Gasteiger partial charge in [0.2, 0.25) is 5.95 Å². The number of carbonyl (C=O) groups excluding carboxylic acids is 1. The van der Waals surface area contributed by atoms with Crippen molar-refractivity contribution in [2.75, 3.05) is 19.1 Å². The average Bonchev–Trinajstić information content (AvgIpc) is 2.89. The summed E-state index contributed by atoms with van der Waals surface area (Å²) in [6.07, 6.45) is 0.207. The van der Waals surface area contributed by atoms with E-state index in [0.717, 1.165) is 11.0 Å². The van der Waals surface area contributed by atoms with Crippen LogP contribution in [0.5, 0.6) is 6.01 Å². The zero-order valence-corrected chi connectivity index (χ0v) is 17.7. The minimum Gasteiger partial charge on any atom is -0.467 e. The third-order valence-corrected chi connectivity index (χ3v) is 8.16. The van der Waals surface area contributed by atoms with Crippen molar-refractivity contribution < 1.29 is 26.4 Å². The van der Waals surface area contributed by atoms with Gasteiger partial charge in [0.25, 0.3) is 10.0 Å². The Balaban J connectivity index is 1.95. The molecule has 0 aliphatic carbocycles. The Morgan fingerprint density at radius 2 is 1.97 bits per heavy atom. The molecule has 29 heavy (non-hydrogen) atoms. The number of sulfone groups is 1. The fourth-order valence-electron chi connectivity index (χ4n) is 2.89. The van der Waals surface area contributed by atoms with Gasteiger partial charge < -0.3 is 4.74 Å². The van der Waals surface area contributed by atoms with E-state index >= 15 is 0 Å². The lowest BCUT2D eigenvalue weighted by Crippen LogP contribution is -2.42. The van der Waals surface area contributed by atoms with E-state index in [9.17, 15) is 21.6 Å². The lowest BCUT2D eigenvalue weighted by atomic mass is 10.1. The fourth-order valence-corrected chi connectivity index (χ4v) is 6.35. The number of anilines is 1. The Morgan fingerprint density at radius 3 is 2.62 bits per heavy atom. The van der Waals surface area contributed by atoms with Crippen molar-refractivity contribution in [3.63, 3.8) is 0 Å². The summed E-state index contributed by atoms with van der Waals surface area (Å²) >= 11 is 0. The zero-order valence-electron chi connectivity index (χ0n) is 16.1. The highest BCUT2D eigenvalue weighted by Crippen LogP contribution is 2.35. The average molecular weight is 441 g/mol. The number of benzene rings is 1. The molecule has 156 valence electrons. The van der Waals surface area contributed by atoms with Crippen molar-refractivity contribution >= 4 is 31.8 Å². The molecule has 2 amide bonds. The Bertz CT molecular complexity index is 1200. The fraction of sp³-hybridized carbons (Fsp3) is 0.375. The van der Waals surface area contributed by atoms with E-state index in [1.165, 1.54) is 27.1 Å². The van der Waals surface area contributed by atoms with Gasteiger partial charge in [0, 0.05) is 7.05 Å². The van der Waals surface area contributed by atoms with Crippen LogP contribution in [0, 0.1) is 6.92 Å². The number of nitrogens with zero attached hydrogens (tertiary/aromatic N) is 4. The van der Waals surface area contributed by atoms with Gasteiger partial charge in [-0.2, -0.15) is 15.0 Å². The molecule has 0 saturated carbocycles. The summed E-state index contributed by atoms with van der Waals surface area (Å²) in [4.78, 5) is 24.4. The van der Waals surface area contributed by atoms with Crippen LogP contribution >= 0.6 is 0 Å². The lowest BCUT2D eigenvalue weighted by molar-refractivity contribution is 0.251. The Morgan fingerprint density at radius 1 is 1.28 bits per heavy atom. The largest absolute Gasteiger partial charge is 0.467 e. The molecule has 1 unspecified atom stereocenters. The molecule has 1 N–H and O–H groups in total. The van der Waals surface area contributed by atoms with Crippen molar-refractivity contribution in [3.8, 4) is 6.01 Å². The molecule has 13 heteroatoms. The topological polar surface area (TPSA) is 149 Å². The summed E-state index contributed by atoms with van der Waals surface area (Å²) in [5.41, 5.74) is 0.402. The number of sulfonamides is 1. The van der Waals surface area contributed by atoms with Crippen LogP contribution in [-0.2, 0) is 26.3 Å². The minimum absolute atomic E-state index is 0.0454. The van der Waals surface area contributed by atoms with Crippen LogP contribution in [0.25, 0.3) is 0 Å². The van der Waals surface area contributed by atoms with Gasteiger partial charge in [-0.1, -0.05) is 12.1 Å². The maximum Gasteiger partial charge on any atom is 0.337 e. The van der Waals surface area contributed by atoms with E-state index in [1.807, 2.05) is 4.72 Å². The van der Waals surface area contributed by atoms with Gasteiger partial charge in [-0.3, -0.25) is 4.90 Å². The minimum atomic E-state index is -4.48. The Kier molecular flexibility index (Phi) is 5.21. The van der Waals surface area contributed by atoms with Crippen LogP contribution in [0.15, 0.2) is 28.0 Å². The number of methoxy groups -OCH3 is 1. The first-order valence-corrected chi connectivity index (χ1v) is 11.4. The maximum absolute atomic E-state index is 12.8. The molecule has 0 radical (unpaired) electrons. The summed E-state index contributed by atoms with van der Waals surface area (Å²) in [6.45, 7) is 3.06. The number of rotatable bonds is 4. The normalized spacial score (nSPS) is 17.4. The third kappa shape index (κ3) is 3.74. The molecule has 2 heterocycles. The number of ether oxygens (including phenoxy) is 1. The molecule has 1 aliphatic rings. The number of urea groups is 1. The van der Waals surface area contributed by atoms with Gasteiger partial charge in [-0.25, -0.2) is 26.4 Å². The monoisotopic (exact) mass is 441 g/mol. The van der Waals surface area contributed by atoms with Crippen LogP contribution in [0.1, 0.15) is 18.3 Å². The van der Waals surface area contributed by atoms with Crippen molar-refractivity contribution in [3.05, 3.63) is 29.6 Å². The summed E-state index contributed by atoms with van der Waals surface area (Å²) < 4.78 is 57.6. The van der Waals surface area contributed by atoms with Crippen molar-refractivity contribution in [2.24, 2.45) is 0 Å². The smallest absolute Gasteiger partial charge is 0.337 e. The van der Waals surface area contributed by atoms with Gasteiger partial charge in [0.05, 0.1) is 17.3 Å². The number of fused-ring (bicyclic) bond motifs is 1. The highest BCUT2D eigenvalue weighted by Gasteiger charge is 2.39. The Labute approximate surface area is 168 Å². The van der Waals surface area contributed by atoms with Crippen LogP contribution in [-0.4, -0.2) is 57.2 Å². The van der Waals surface area contributed by atoms with E-state index in [0.29, 0.717) is 5.56 Å². The molecule has 3 rings (SSSR count). The summed E-state index contributed by atoms with van der Waals surface area (Å²) in [5, 5.41) is -0.743. The zero-order chi connectivity index (χ0) is 21.6. The van der Waals surface area contributed by atoms with Crippen molar-refractivity contribution in [2.45, 2.75) is 35.3 Å². The highest BCUT2D eigenvalue weighted by molar-refractivity contribution is 7.94. The van der Waals surface area contributed by atoms with Gasteiger partial charge in [-0.05, 0) is 31.9 Å². The Hall–Kier alpha value is -2.80. The number of amides is 2. The van der Waals surface area contributed by atoms with Gasteiger partial charge >= 0.3 is 12.0 Å². The standard InChI is InChI=1S/C16H19N5O6S2/c1-9-8-11-6-5-7-12(13(11)28(9,23)24)29(25,26)20-16(22)21(3)14-17-10(2)18-15(19-14)27-4/h5-7,9H,8H2,1-4H3,(H,20,22). The van der Waals surface area contributed by atoms with Crippen LogP contribution in [0.2, 0.25) is 0 Å². The number of hydrogen-bond acceptors (Lipinski definition) is 9. The van der Waals surface area contributed by atoms with Crippen molar-refractivity contribution in [1.82, 2.24) is 19.7 Å². The molecule has 2 aromatic rings. The lowest BCUT2D eigenvalue weighted by Gasteiger charge is -2.17. The predicted molar refractivity (Wildman–Crippen MR) is 102 cm³/mol. The predicted octanol–water partition coefficient (Wildman–Crippen LogP) is 0.442. The second kappa shape index (κ2) is 7.22. The maximum atomic E-state index is 12.8. The van der Waals surface area contributed by atoms with Crippen LogP contribution < -0.4 is 14.4 Å². The molecule has 0 bridgehead atoms. The molecular formula is C16H19N5O6S2. The van der Waals surface area contributed by atoms with E-state index < -0.39 is 36.0 Å². The first-order chi connectivity index (χ1) is 13.5. The molecule has 0 spiro atoms. The quantitative estimate of drug-likeness (QED) is 0.713. The summed E-state index contributed by atoms with van der Waals surface area (Å²) in [5.74, 6) is 0.122. The first kappa shape index (κ1) is 20.9. The molecule has 11 nitrogen and oxygen atoms in total. The van der Waals surface area contributed by atoms with Crippen LogP contribution in [0.4, 0.5) is 10.7 Å². The van der Waals surface area contributed by atoms with E-state index in [-0.39, 0.29) is 29.1 Å². The first-order valence-electron chi connectivity index (χ1n) is 8.40. The SMILES string of the molecule is COc1nc(C)nc(N(C)C(=O)NS(=O)(=O)c2cccc3c2S(=O)(=O)C(C)C3)n1. The van der Waals surface area contributed by atoms with Gasteiger partial charge in [0.15, 0.2) is 9.84 Å². The second-order valence-corrected chi connectivity index (χ2v) is 10.4. The van der Waals surface area contributed by atoms with E-state index in [1.54, 1.807) is 13.0 Å². The molecule has 1 atom stereocenters. The van der Waals surface area contributed by atoms with E-state index in [4.69, 9.17) is 4.74 Å². The summed E-state index contributed by atoms with van der Waals surface area (Å²) in [7, 11) is -5.70. The molecule has 1 aliphatic heterocycles. The number of hydrogen-bond donors (Lipinski definition) is 1. The molecule has 1 aromatic heterocycles. The highest BCUT2D eigenvalue weighted by atomic mass is 32.2. The molecular weight excluding hydrogens is 422 g/mol. The number of carbonyl (C=O) groups is 1. The number of aromatic nitrogens is 3. The van der Waals surface area contributed by atoms with E-state index in [2.05, 4.69) is 15.0 Å². The number of nitrogens with one attached hydrogen (secondary N) is 1. The van der Waals surface area contributed by atoms with Gasteiger partial charge in [0.1, 0.15) is 10.7 Å².